The summed E-state index contributed by atoms with van der Waals surface area (Å²) in [6.07, 6.45) is 1.05. The van der Waals surface area contributed by atoms with Crippen molar-refractivity contribution in [2.24, 2.45) is 0 Å². The summed E-state index contributed by atoms with van der Waals surface area (Å²) in [5.74, 6) is -0.778. The lowest BCUT2D eigenvalue weighted by Crippen LogP contribution is -2.41. The monoisotopic (exact) mass is 227 g/mol. The van der Waals surface area contributed by atoms with Crippen LogP contribution in [0.4, 0.5) is 0 Å². The lowest BCUT2D eigenvalue weighted by molar-refractivity contribution is -0.147. The summed E-state index contributed by atoms with van der Waals surface area (Å²) < 4.78 is 5.22. The van der Waals surface area contributed by atoms with Crippen LogP contribution in [0.3, 0.4) is 0 Å². The zero-order valence-electron chi connectivity index (χ0n) is 8.52. The number of nitrogens with zero attached hydrogens (tertiary/aromatic N) is 1. The number of thiazole rings is 1. The van der Waals surface area contributed by atoms with Crippen molar-refractivity contribution in [2.75, 3.05) is 13.2 Å². The molecule has 82 valence electrons. The fourth-order valence-electron chi connectivity index (χ4n) is 1.81. The van der Waals surface area contributed by atoms with Crippen molar-refractivity contribution < 1.29 is 14.6 Å². The van der Waals surface area contributed by atoms with E-state index < -0.39 is 11.4 Å². The van der Waals surface area contributed by atoms with Gasteiger partial charge >= 0.3 is 5.97 Å². The third-order valence-corrected chi connectivity index (χ3v) is 3.95. The molecule has 0 aliphatic carbocycles. The molecule has 0 bridgehead atoms. The maximum absolute atomic E-state index is 11.4. The van der Waals surface area contributed by atoms with Crippen molar-refractivity contribution in [3.63, 3.8) is 0 Å². The van der Waals surface area contributed by atoms with Gasteiger partial charge in [0.25, 0.3) is 0 Å². The molecule has 1 aliphatic rings. The normalized spacial score (nSPS) is 20.1. The molecule has 0 spiro atoms. The topological polar surface area (TPSA) is 59.4 Å². The van der Waals surface area contributed by atoms with Gasteiger partial charge in [-0.25, -0.2) is 4.98 Å². The van der Waals surface area contributed by atoms with Crippen molar-refractivity contribution in [1.29, 1.82) is 0 Å². The quantitative estimate of drug-likeness (QED) is 0.833. The number of hydrogen-bond acceptors (Lipinski definition) is 4. The first-order chi connectivity index (χ1) is 7.15. The van der Waals surface area contributed by atoms with Crippen LogP contribution in [0.1, 0.15) is 23.5 Å². The molecule has 1 aromatic rings. The van der Waals surface area contributed by atoms with Crippen LogP contribution in [0.25, 0.3) is 0 Å². The first-order valence-electron chi connectivity index (χ1n) is 4.89. The lowest BCUT2D eigenvalue weighted by atomic mass is 9.81. The van der Waals surface area contributed by atoms with E-state index in [0.29, 0.717) is 26.1 Å². The number of aryl methyl sites for hydroxylation is 1. The molecule has 0 amide bonds. The number of aliphatic carboxylic acids is 1. The van der Waals surface area contributed by atoms with E-state index in [1.54, 1.807) is 0 Å². The van der Waals surface area contributed by atoms with Gasteiger partial charge in [-0.05, 0) is 19.8 Å². The van der Waals surface area contributed by atoms with Crippen molar-refractivity contribution in [3.8, 4) is 0 Å². The summed E-state index contributed by atoms with van der Waals surface area (Å²) in [5.41, 5.74) is 0.0825. The molecule has 1 fully saturated rings. The third kappa shape index (κ3) is 1.77. The zero-order chi connectivity index (χ0) is 10.9. The predicted octanol–water partition coefficient (Wildman–Crippen LogP) is 1.58. The molecule has 15 heavy (non-hydrogen) atoms. The third-order valence-electron chi connectivity index (χ3n) is 2.78. The molecular formula is C10H13NO3S. The van der Waals surface area contributed by atoms with Crippen LogP contribution < -0.4 is 0 Å². The Morgan fingerprint density at radius 2 is 2.27 bits per heavy atom. The highest BCUT2D eigenvalue weighted by atomic mass is 32.1. The Bertz CT molecular complexity index is 368. The fourth-order valence-corrected chi connectivity index (χ4v) is 2.86. The van der Waals surface area contributed by atoms with E-state index in [1.165, 1.54) is 11.3 Å². The second-order valence-corrected chi connectivity index (χ2v) is 4.65. The number of ether oxygens (including phenoxy) is 1. The number of hydrogen-bond donors (Lipinski definition) is 1. The number of carbonyl (C=O) groups is 1. The summed E-state index contributed by atoms with van der Waals surface area (Å²) in [5, 5.41) is 12.0. The average molecular weight is 227 g/mol. The molecule has 5 heteroatoms. The van der Waals surface area contributed by atoms with Gasteiger partial charge in [0.15, 0.2) is 0 Å². The Balaban J connectivity index is 2.37. The van der Waals surface area contributed by atoms with E-state index >= 15 is 0 Å². The molecular weight excluding hydrogens is 214 g/mol. The molecule has 0 aromatic carbocycles. The minimum Gasteiger partial charge on any atom is -0.481 e. The molecule has 0 saturated carbocycles. The summed E-state index contributed by atoms with van der Waals surface area (Å²) in [7, 11) is 0. The van der Waals surface area contributed by atoms with Crippen LogP contribution in [-0.4, -0.2) is 29.3 Å². The van der Waals surface area contributed by atoms with Gasteiger partial charge in [-0.15, -0.1) is 11.3 Å². The highest BCUT2D eigenvalue weighted by Gasteiger charge is 2.44. The summed E-state index contributed by atoms with van der Waals surface area (Å²) in [4.78, 5) is 15.7. The van der Waals surface area contributed by atoms with Gasteiger partial charge in [0, 0.05) is 24.3 Å². The number of rotatable bonds is 2. The van der Waals surface area contributed by atoms with Crippen LogP contribution in [0, 0.1) is 6.92 Å². The van der Waals surface area contributed by atoms with Crippen LogP contribution >= 0.6 is 11.3 Å². The molecule has 0 radical (unpaired) electrons. The first-order valence-corrected chi connectivity index (χ1v) is 5.77. The number of carboxylic acid groups (broad SMARTS) is 1. The van der Waals surface area contributed by atoms with Crippen LogP contribution in [0.2, 0.25) is 0 Å². The standard InChI is InChI=1S/C10H13NO3S/c1-7-6-15-8(11-7)10(9(12)13)2-4-14-5-3-10/h6H,2-5H2,1H3,(H,12,13). The minimum absolute atomic E-state index is 0.505. The van der Waals surface area contributed by atoms with Gasteiger partial charge < -0.3 is 9.84 Å². The van der Waals surface area contributed by atoms with E-state index in [0.717, 1.165) is 10.7 Å². The van der Waals surface area contributed by atoms with E-state index in [9.17, 15) is 9.90 Å². The van der Waals surface area contributed by atoms with Crippen LogP contribution in [0.5, 0.6) is 0 Å². The molecule has 4 nitrogen and oxygen atoms in total. The number of carboxylic acids is 1. The van der Waals surface area contributed by atoms with Crippen LogP contribution in [-0.2, 0) is 14.9 Å². The highest BCUT2D eigenvalue weighted by molar-refractivity contribution is 7.10. The molecule has 0 atom stereocenters. The fraction of sp³-hybridized carbons (Fsp3) is 0.600. The summed E-state index contributed by atoms with van der Waals surface area (Å²) >= 11 is 1.44. The van der Waals surface area contributed by atoms with Gasteiger partial charge in [0.1, 0.15) is 10.4 Å². The Morgan fingerprint density at radius 1 is 1.60 bits per heavy atom. The second kappa shape index (κ2) is 3.90. The Kier molecular flexibility index (Phi) is 2.75. The smallest absolute Gasteiger partial charge is 0.316 e. The second-order valence-electron chi connectivity index (χ2n) is 3.79. The van der Waals surface area contributed by atoms with Gasteiger partial charge in [-0.2, -0.15) is 0 Å². The van der Waals surface area contributed by atoms with Crippen molar-refractivity contribution in [3.05, 3.63) is 16.1 Å². The molecule has 1 saturated heterocycles. The highest BCUT2D eigenvalue weighted by Crippen LogP contribution is 2.36. The molecule has 1 aromatic heterocycles. The van der Waals surface area contributed by atoms with E-state index in [4.69, 9.17) is 4.74 Å². The Hall–Kier alpha value is -0.940. The van der Waals surface area contributed by atoms with Crippen molar-refractivity contribution in [2.45, 2.75) is 25.2 Å². The lowest BCUT2D eigenvalue weighted by Gasteiger charge is -2.30. The molecule has 1 aliphatic heterocycles. The van der Waals surface area contributed by atoms with Gasteiger partial charge in [0.2, 0.25) is 0 Å². The zero-order valence-corrected chi connectivity index (χ0v) is 9.34. The number of aromatic nitrogens is 1. The van der Waals surface area contributed by atoms with Gasteiger partial charge in [-0.1, -0.05) is 0 Å². The summed E-state index contributed by atoms with van der Waals surface area (Å²) in [6.45, 7) is 2.89. The SMILES string of the molecule is Cc1csc(C2(C(=O)O)CCOCC2)n1. The van der Waals surface area contributed by atoms with Crippen LogP contribution in [0.15, 0.2) is 5.38 Å². The maximum atomic E-state index is 11.4. The van der Waals surface area contributed by atoms with E-state index in [1.807, 2.05) is 12.3 Å². The van der Waals surface area contributed by atoms with Crippen molar-refractivity contribution in [1.82, 2.24) is 4.98 Å². The predicted molar refractivity (Wildman–Crippen MR) is 56.2 cm³/mol. The summed E-state index contributed by atoms with van der Waals surface area (Å²) in [6, 6.07) is 0. The van der Waals surface area contributed by atoms with Gasteiger partial charge in [-0.3, -0.25) is 4.79 Å². The van der Waals surface area contributed by atoms with Gasteiger partial charge in [0.05, 0.1) is 0 Å². The molecule has 1 N–H and O–H groups in total. The molecule has 2 heterocycles. The van der Waals surface area contributed by atoms with Crippen molar-refractivity contribution >= 4 is 17.3 Å². The minimum atomic E-state index is -0.808. The first kappa shape index (κ1) is 10.6. The van der Waals surface area contributed by atoms with E-state index in [-0.39, 0.29) is 0 Å². The molecule has 0 unspecified atom stereocenters. The Morgan fingerprint density at radius 3 is 2.73 bits per heavy atom. The maximum Gasteiger partial charge on any atom is 0.316 e. The largest absolute Gasteiger partial charge is 0.481 e. The molecule has 2 rings (SSSR count). The average Bonchev–Trinajstić information content (AvgIpc) is 2.66. The van der Waals surface area contributed by atoms with E-state index in [2.05, 4.69) is 4.98 Å². The Labute approximate surface area is 91.9 Å².